The number of hydrogen-bond donors (Lipinski definition) is 0. The molecule has 1 aromatic rings. The Morgan fingerprint density at radius 1 is 1.32 bits per heavy atom. The maximum atomic E-state index is 12.7. The van der Waals surface area contributed by atoms with E-state index in [-0.39, 0.29) is 5.91 Å². The molecule has 0 N–H and O–H groups in total. The van der Waals surface area contributed by atoms with Crippen LogP contribution >= 0.6 is 31.9 Å². The first-order valence-corrected chi connectivity index (χ1v) is 8.59. The van der Waals surface area contributed by atoms with E-state index in [0.29, 0.717) is 6.04 Å². The van der Waals surface area contributed by atoms with Crippen molar-refractivity contribution in [1.82, 2.24) is 4.90 Å². The Balaban J connectivity index is 3.04. The number of carbonyl (C=O) groups excluding carboxylic acids is 1. The van der Waals surface area contributed by atoms with Crippen molar-refractivity contribution >= 4 is 37.8 Å². The van der Waals surface area contributed by atoms with Gasteiger partial charge in [0, 0.05) is 28.0 Å². The van der Waals surface area contributed by atoms with Gasteiger partial charge in [-0.15, -0.1) is 0 Å². The Morgan fingerprint density at radius 3 is 2.42 bits per heavy atom. The second-order valence-corrected chi connectivity index (χ2v) is 6.33. The molecule has 0 saturated carbocycles. The third kappa shape index (κ3) is 4.32. The molecule has 19 heavy (non-hydrogen) atoms. The number of carbonyl (C=O) groups is 1. The van der Waals surface area contributed by atoms with Gasteiger partial charge in [0.15, 0.2) is 0 Å². The van der Waals surface area contributed by atoms with Gasteiger partial charge in [0.1, 0.15) is 0 Å². The summed E-state index contributed by atoms with van der Waals surface area (Å²) in [4.78, 5) is 14.7. The smallest absolute Gasteiger partial charge is 0.254 e. The summed E-state index contributed by atoms with van der Waals surface area (Å²) in [5.74, 6) is 0.137. The highest BCUT2D eigenvalue weighted by Crippen LogP contribution is 2.20. The lowest BCUT2D eigenvalue weighted by atomic mass is 10.0. The molecule has 0 radical (unpaired) electrons. The number of hydrogen-bond acceptors (Lipinski definition) is 1. The molecular formula is C15H21Br2NO. The van der Waals surface area contributed by atoms with Gasteiger partial charge in [-0.05, 0) is 43.5 Å². The van der Waals surface area contributed by atoms with Crippen LogP contribution < -0.4 is 0 Å². The second-order valence-electron chi connectivity index (χ2n) is 4.62. The summed E-state index contributed by atoms with van der Waals surface area (Å²) in [5, 5.41) is 0.810. The van der Waals surface area contributed by atoms with Crippen molar-refractivity contribution in [2.75, 3.05) is 11.9 Å². The van der Waals surface area contributed by atoms with E-state index in [9.17, 15) is 4.79 Å². The van der Waals surface area contributed by atoms with E-state index in [1.807, 2.05) is 30.0 Å². The van der Waals surface area contributed by atoms with Crippen LogP contribution in [0.15, 0.2) is 22.7 Å². The van der Waals surface area contributed by atoms with Crippen LogP contribution in [0.3, 0.4) is 0 Å². The Morgan fingerprint density at radius 2 is 1.95 bits per heavy atom. The van der Waals surface area contributed by atoms with E-state index in [0.717, 1.165) is 40.3 Å². The third-order valence-electron chi connectivity index (χ3n) is 3.39. The molecule has 0 bridgehead atoms. The van der Waals surface area contributed by atoms with E-state index < -0.39 is 0 Å². The van der Waals surface area contributed by atoms with Crippen LogP contribution in [0, 0.1) is 6.92 Å². The molecule has 0 aromatic heterocycles. The SMILES string of the molecule is CCC(CC)N(CCBr)C(=O)c1ccc(Br)cc1C. The molecule has 0 fully saturated rings. The molecule has 1 amide bonds. The molecule has 1 aromatic carbocycles. The van der Waals surface area contributed by atoms with Crippen molar-refractivity contribution in [1.29, 1.82) is 0 Å². The lowest BCUT2D eigenvalue weighted by Gasteiger charge is -2.30. The van der Waals surface area contributed by atoms with E-state index >= 15 is 0 Å². The molecule has 0 aliphatic carbocycles. The summed E-state index contributed by atoms with van der Waals surface area (Å²) >= 11 is 6.88. The summed E-state index contributed by atoms with van der Waals surface area (Å²) in [6.45, 7) is 7.01. The summed E-state index contributed by atoms with van der Waals surface area (Å²) < 4.78 is 1.01. The number of benzene rings is 1. The van der Waals surface area contributed by atoms with E-state index in [4.69, 9.17) is 0 Å². The van der Waals surface area contributed by atoms with E-state index in [1.165, 1.54) is 0 Å². The van der Waals surface area contributed by atoms with Gasteiger partial charge in [0.2, 0.25) is 0 Å². The predicted octanol–water partition coefficient (Wildman–Crippen LogP) is 4.78. The average molecular weight is 391 g/mol. The Kier molecular flexibility index (Phi) is 7.08. The fraction of sp³-hybridized carbons (Fsp3) is 0.533. The second kappa shape index (κ2) is 8.05. The summed E-state index contributed by atoms with van der Waals surface area (Å²) in [6.07, 6.45) is 1.98. The van der Waals surface area contributed by atoms with Gasteiger partial charge < -0.3 is 4.90 Å². The average Bonchev–Trinajstić information content (AvgIpc) is 2.38. The molecule has 2 nitrogen and oxygen atoms in total. The monoisotopic (exact) mass is 389 g/mol. The number of nitrogens with zero attached hydrogens (tertiary/aromatic N) is 1. The van der Waals surface area contributed by atoms with Crippen LogP contribution in [0.4, 0.5) is 0 Å². The van der Waals surface area contributed by atoms with E-state index in [2.05, 4.69) is 45.7 Å². The first-order chi connectivity index (χ1) is 9.04. The van der Waals surface area contributed by atoms with Gasteiger partial charge in [-0.3, -0.25) is 4.79 Å². The summed E-state index contributed by atoms with van der Waals surface area (Å²) in [7, 11) is 0. The molecule has 0 spiro atoms. The van der Waals surface area contributed by atoms with Crippen molar-refractivity contribution in [3.05, 3.63) is 33.8 Å². The molecular weight excluding hydrogens is 370 g/mol. The van der Waals surface area contributed by atoms with Gasteiger partial charge in [-0.2, -0.15) is 0 Å². The zero-order chi connectivity index (χ0) is 14.4. The fourth-order valence-electron chi connectivity index (χ4n) is 2.29. The van der Waals surface area contributed by atoms with Crippen molar-refractivity contribution in [3.8, 4) is 0 Å². The zero-order valence-corrected chi connectivity index (χ0v) is 14.9. The molecule has 106 valence electrons. The third-order valence-corrected chi connectivity index (χ3v) is 4.24. The quantitative estimate of drug-likeness (QED) is 0.639. The molecule has 4 heteroatoms. The number of alkyl halides is 1. The van der Waals surface area contributed by atoms with Crippen molar-refractivity contribution < 1.29 is 4.79 Å². The van der Waals surface area contributed by atoms with Crippen LogP contribution in [0.25, 0.3) is 0 Å². The standard InChI is InChI=1S/C15H21Br2NO/c1-4-13(5-2)18(9-8-16)15(19)14-7-6-12(17)10-11(14)3/h6-7,10,13H,4-5,8-9H2,1-3H3. The minimum atomic E-state index is 0.137. The number of aryl methyl sites for hydroxylation is 1. The lowest BCUT2D eigenvalue weighted by molar-refractivity contribution is 0.0682. The number of amides is 1. The summed E-state index contributed by atoms with van der Waals surface area (Å²) in [5.41, 5.74) is 1.82. The highest BCUT2D eigenvalue weighted by Gasteiger charge is 2.22. The lowest BCUT2D eigenvalue weighted by Crippen LogP contribution is -2.41. The fourth-order valence-corrected chi connectivity index (χ4v) is 3.15. The van der Waals surface area contributed by atoms with Crippen LogP contribution in [0.2, 0.25) is 0 Å². The minimum absolute atomic E-state index is 0.137. The van der Waals surface area contributed by atoms with Crippen molar-refractivity contribution in [2.24, 2.45) is 0 Å². The normalized spacial score (nSPS) is 10.8. The van der Waals surface area contributed by atoms with E-state index in [1.54, 1.807) is 0 Å². The van der Waals surface area contributed by atoms with Gasteiger partial charge >= 0.3 is 0 Å². The van der Waals surface area contributed by atoms with Gasteiger partial charge in [0.05, 0.1) is 0 Å². The van der Waals surface area contributed by atoms with Gasteiger partial charge in [0.25, 0.3) is 5.91 Å². The molecule has 0 aliphatic rings. The highest BCUT2D eigenvalue weighted by atomic mass is 79.9. The molecule has 0 unspecified atom stereocenters. The van der Waals surface area contributed by atoms with Gasteiger partial charge in [-0.25, -0.2) is 0 Å². The van der Waals surface area contributed by atoms with Crippen LogP contribution in [-0.4, -0.2) is 28.7 Å². The molecule has 1 rings (SSSR count). The van der Waals surface area contributed by atoms with Crippen LogP contribution in [0.1, 0.15) is 42.6 Å². The first-order valence-electron chi connectivity index (χ1n) is 6.68. The molecule has 0 atom stereocenters. The highest BCUT2D eigenvalue weighted by molar-refractivity contribution is 9.10. The van der Waals surface area contributed by atoms with Gasteiger partial charge in [-0.1, -0.05) is 45.7 Å². The maximum absolute atomic E-state index is 12.7. The molecule has 0 aliphatic heterocycles. The largest absolute Gasteiger partial charge is 0.335 e. The Bertz CT molecular complexity index is 430. The zero-order valence-electron chi connectivity index (χ0n) is 11.7. The first kappa shape index (κ1) is 16.7. The predicted molar refractivity (Wildman–Crippen MR) is 88.1 cm³/mol. The summed E-state index contributed by atoms with van der Waals surface area (Å²) in [6, 6.07) is 6.14. The van der Waals surface area contributed by atoms with Crippen molar-refractivity contribution in [2.45, 2.75) is 39.7 Å². The number of rotatable bonds is 6. The Hall–Kier alpha value is -0.350. The Labute approximate surface area is 132 Å². The molecule has 0 saturated heterocycles. The topological polar surface area (TPSA) is 20.3 Å². The van der Waals surface area contributed by atoms with Crippen molar-refractivity contribution in [3.63, 3.8) is 0 Å². The van der Waals surface area contributed by atoms with Crippen LogP contribution in [-0.2, 0) is 0 Å². The minimum Gasteiger partial charge on any atom is -0.335 e. The molecule has 0 heterocycles. The van der Waals surface area contributed by atoms with Crippen LogP contribution in [0.5, 0.6) is 0 Å². The maximum Gasteiger partial charge on any atom is 0.254 e. The number of halogens is 2.